The van der Waals surface area contributed by atoms with Crippen molar-refractivity contribution in [3.05, 3.63) is 0 Å². The van der Waals surface area contributed by atoms with Crippen LogP contribution in [0.5, 0.6) is 0 Å². The first-order chi connectivity index (χ1) is 23.7. The van der Waals surface area contributed by atoms with Crippen LogP contribution in [0.2, 0.25) is 0 Å². The van der Waals surface area contributed by atoms with E-state index in [0.29, 0.717) is 39.5 Å². The molecular formula is C40H82N2O4S2. The van der Waals surface area contributed by atoms with E-state index in [-0.39, 0.29) is 0 Å². The molecular weight excluding hydrogens is 637 g/mol. The summed E-state index contributed by atoms with van der Waals surface area (Å²) >= 11 is 4.09. The van der Waals surface area contributed by atoms with E-state index in [1.165, 1.54) is 153 Å². The molecule has 0 saturated carbocycles. The van der Waals surface area contributed by atoms with Crippen LogP contribution in [-0.2, 0) is 9.47 Å². The molecule has 1 rings (SSSR count). The van der Waals surface area contributed by atoms with Gasteiger partial charge in [0.25, 0.3) is 0 Å². The highest BCUT2D eigenvalue weighted by atomic mass is 32.2. The zero-order valence-electron chi connectivity index (χ0n) is 32.0. The molecule has 2 atom stereocenters. The first-order valence-electron chi connectivity index (χ1n) is 20.8. The minimum Gasteiger partial charge on any atom is -0.389 e. The van der Waals surface area contributed by atoms with Crippen LogP contribution in [0.1, 0.15) is 155 Å². The number of nitrogens with zero attached hydrogens (tertiary/aromatic N) is 2. The van der Waals surface area contributed by atoms with Gasteiger partial charge in [0.2, 0.25) is 0 Å². The number of hydrogen-bond donors (Lipinski definition) is 2. The molecule has 0 aliphatic carbocycles. The van der Waals surface area contributed by atoms with Crippen LogP contribution in [0.15, 0.2) is 0 Å². The third kappa shape index (κ3) is 32.4. The molecule has 0 aromatic rings. The molecule has 1 fully saturated rings. The van der Waals surface area contributed by atoms with Gasteiger partial charge >= 0.3 is 0 Å². The first-order valence-corrected chi connectivity index (χ1v) is 23.1. The third-order valence-electron chi connectivity index (χ3n) is 9.43. The summed E-state index contributed by atoms with van der Waals surface area (Å²) in [5.74, 6) is 4.79. The van der Waals surface area contributed by atoms with Gasteiger partial charge in [-0.05, 0) is 74.6 Å². The van der Waals surface area contributed by atoms with E-state index in [2.05, 4.69) is 23.6 Å². The number of thioether (sulfide) groups is 2. The Morgan fingerprint density at radius 1 is 0.542 bits per heavy atom. The number of hydrogen-bond acceptors (Lipinski definition) is 8. The van der Waals surface area contributed by atoms with Crippen molar-refractivity contribution in [3.8, 4) is 0 Å². The molecule has 0 amide bonds. The largest absolute Gasteiger partial charge is 0.389 e. The molecule has 2 unspecified atom stereocenters. The van der Waals surface area contributed by atoms with Crippen LogP contribution in [-0.4, -0.2) is 121 Å². The van der Waals surface area contributed by atoms with Crippen molar-refractivity contribution in [2.75, 3.05) is 88.7 Å². The molecule has 2 N–H and O–H groups in total. The number of ether oxygens (including phenoxy) is 2. The first kappa shape index (κ1) is 46.5. The van der Waals surface area contributed by atoms with Crippen LogP contribution < -0.4 is 0 Å². The van der Waals surface area contributed by atoms with Crippen molar-refractivity contribution in [2.45, 2.75) is 167 Å². The minimum absolute atomic E-state index is 0.368. The summed E-state index contributed by atoms with van der Waals surface area (Å²) in [6.07, 6.45) is 28.6. The SMILES string of the molecule is CCCCCCCCCCCSCCCOCC(O)CN(CCN1CCCC1)CC(O)COCCCSCCCCCCCCCCC. The Morgan fingerprint density at radius 2 is 0.917 bits per heavy atom. The second kappa shape index (κ2) is 37.2. The van der Waals surface area contributed by atoms with E-state index in [0.717, 1.165) is 37.4 Å². The van der Waals surface area contributed by atoms with Crippen molar-refractivity contribution in [3.63, 3.8) is 0 Å². The molecule has 48 heavy (non-hydrogen) atoms. The van der Waals surface area contributed by atoms with Crippen LogP contribution in [0.3, 0.4) is 0 Å². The Bertz CT molecular complexity index is 588. The molecule has 1 saturated heterocycles. The fraction of sp³-hybridized carbons (Fsp3) is 1.00. The van der Waals surface area contributed by atoms with Gasteiger partial charge < -0.3 is 24.6 Å². The van der Waals surface area contributed by atoms with E-state index >= 15 is 0 Å². The fourth-order valence-corrected chi connectivity index (χ4v) is 8.31. The number of aliphatic hydroxyl groups excluding tert-OH is 2. The smallest absolute Gasteiger partial charge is 0.0900 e. The lowest BCUT2D eigenvalue weighted by Gasteiger charge is -2.29. The van der Waals surface area contributed by atoms with Gasteiger partial charge in [0.05, 0.1) is 25.4 Å². The average Bonchev–Trinajstić information content (AvgIpc) is 3.61. The normalized spacial score (nSPS) is 15.2. The molecule has 1 aliphatic rings. The van der Waals surface area contributed by atoms with E-state index in [4.69, 9.17) is 9.47 Å². The molecule has 1 heterocycles. The topological polar surface area (TPSA) is 65.4 Å². The summed E-state index contributed by atoms with van der Waals surface area (Å²) in [4.78, 5) is 4.71. The molecule has 288 valence electrons. The maximum Gasteiger partial charge on any atom is 0.0900 e. The fourth-order valence-electron chi connectivity index (χ4n) is 6.45. The Labute approximate surface area is 308 Å². The predicted octanol–water partition coefficient (Wildman–Crippen LogP) is 9.45. The van der Waals surface area contributed by atoms with Crippen LogP contribution in [0.4, 0.5) is 0 Å². The van der Waals surface area contributed by atoms with Crippen LogP contribution in [0.25, 0.3) is 0 Å². The van der Waals surface area contributed by atoms with Crippen molar-refractivity contribution in [1.29, 1.82) is 0 Å². The standard InChI is InChI=1S/C40H82N2O4S2/c1-3-5-7-9-11-13-15-17-21-31-47-33-23-29-45-37-39(43)35-42(28-27-41-25-19-20-26-41)36-40(44)38-46-30-24-34-48-32-22-18-16-14-12-10-8-6-4-2/h39-40,43-44H,3-38H2,1-2H3. The Morgan fingerprint density at radius 3 is 1.33 bits per heavy atom. The lowest BCUT2D eigenvalue weighted by molar-refractivity contribution is -0.0111. The van der Waals surface area contributed by atoms with E-state index < -0.39 is 12.2 Å². The van der Waals surface area contributed by atoms with Gasteiger partial charge in [-0.25, -0.2) is 0 Å². The van der Waals surface area contributed by atoms with Gasteiger partial charge in [0, 0.05) is 39.4 Å². The van der Waals surface area contributed by atoms with Crippen LogP contribution in [0, 0.1) is 0 Å². The summed E-state index contributed by atoms with van der Waals surface area (Å²) in [6, 6.07) is 0. The molecule has 1 aliphatic heterocycles. The van der Waals surface area contributed by atoms with Crippen molar-refractivity contribution in [1.82, 2.24) is 9.80 Å². The average molecular weight is 719 g/mol. The molecule has 0 bridgehead atoms. The van der Waals surface area contributed by atoms with Gasteiger partial charge in [-0.15, -0.1) is 0 Å². The summed E-state index contributed by atoms with van der Waals surface area (Å²) in [7, 11) is 0. The maximum absolute atomic E-state index is 10.7. The Hall–Kier alpha value is 0.460. The lowest BCUT2D eigenvalue weighted by atomic mass is 10.1. The molecule has 0 spiro atoms. The highest BCUT2D eigenvalue weighted by Gasteiger charge is 2.19. The van der Waals surface area contributed by atoms with E-state index in [1.54, 1.807) is 0 Å². The molecule has 0 radical (unpaired) electrons. The highest BCUT2D eigenvalue weighted by Crippen LogP contribution is 2.14. The van der Waals surface area contributed by atoms with Gasteiger partial charge in [-0.3, -0.25) is 4.90 Å². The van der Waals surface area contributed by atoms with Crippen molar-refractivity contribution in [2.24, 2.45) is 0 Å². The zero-order valence-corrected chi connectivity index (χ0v) is 33.7. The quantitative estimate of drug-likeness (QED) is 0.0610. The van der Waals surface area contributed by atoms with Gasteiger partial charge in [0.15, 0.2) is 0 Å². The Kier molecular flexibility index (Phi) is 36.0. The van der Waals surface area contributed by atoms with E-state index in [1.807, 2.05) is 23.5 Å². The summed E-state index contributed by atoms with van der Waals surface area (Å²) < 4.78 is 11.7. The second-order valence-corrected chi connectivity index (χ2v) is 16.8. The lowest BCUT2D eigenvalue weighted by Crippen LogP contribution is -2.44. The molecule has 8 heteroatoms. The maximum atomic E-state index is 10.7. The van der Waals surface area contributed by atoms with Crippen molar-refractivity contribution < 1.29 is 19.7 Å². The minimum atomic E-state index is -0.533. The second-order valence-electron chi connectivity index (χ2n) is 14.4. The van der Waals surface area contributed by atoms with Gasteiger partial charge in [-0.2, -0.15) is 23.5 Å². The highest BCUT2D eigenvalue weighted by molar-refractivity contribution is 7.99. The predicted molar refractivity (Wildman–Crippen MR) is 214 cm³/mol. The summed E-state index contributed by atoms with van der Waals surface area (Å²) in [6.45, 7) is 12.0. The molecule has 0 aromatic heterocycles. The third-order valence-corrected chi connectivity index (χ3v) is 11.7. The number of aliphatic hydroxyl groups is 2. The van der Waals surface area contributed by atoms with E-state index in [9.17, 15) is 10.2 Å². The van der Waals surface area contributed by atoms with Crippen LogP contribution >= 0.6 is 23.5 Å². The monoisotopic (exact) mass is 719 g/mol. The summed E-state index contributed by atoms with van der Waals surface area (Å²) in [5, 5.41) is 21.5. The number of unbranched alkanes of at least 4 members (excludes halogenated alkanes) is 16. The number of likely N-dealkylation sites (tertiary alicyclic amines) is 1. The van der Waals surface area contributed by atoms with Gasteiger partial charge in [0.1, 0.15) is 0 Å². The van der Waals surface area contributed by atoms with Gasteiger partial charge in [-0.1, -0.05) is 117 Å². The summed E-state index contributed by atoms with van der Waals surface area (Å²) in [5.41, 5.74) is 0. The Balaban J connectivity index is 2.06. The number of rotatable bonds is 39. The molecule has 0 aromatic carbocycles. The molecule has 6 nitrogen and oxygen atoms in total. The van der Waals surface area contributed by atoms with Crippen molar-refractivity contribution >= 4 is 23.5 Å². The zero-order chi connectivity index (χ0) is 34.6.